The molecule has 1 aromatic rings. The van der Waals surface area contributed by atoms with Crippen LogP contribution in [0.25, 0.3) is 0 Å². The predicted octanol–water partition coefficient (Wildman–Crippen LogP) is -0.0886. The summed E-state index contributed by atoms with van der Waals surface area (Å²) >= 11 is 0. The summed E-state index contributed by atoms with van der Waals surface area (Å²) in [5, 5.41) is 2.77. The number of carbonyl (C=O) groups excluding carboxylic acids is 2. The summed E-state index contributed by atoms with van der Waals surface area (Å²) in [5.74, 6) is -0.856. The highest BCUT2D eigenvalue weighted by Crippen LogP contribution is 2.13. The van der Waals surface area contributed by atoms with Crippen LogP contribution in [0.4, 0.5) is 0 Å². The number of rotatable bonds is 8. The third-order valence-corrected chi connectivity index (χ3v) is 4.22. The molecule has 1 amide bonds. The standard InChI is InChI=1S/C17H24BNO6/c1-22-17(21)15(19-16(20)13-8-9-25-11-13)10-12-4-6-14(7-5-12)18(23-2)24-3/h4-7,13,15H,8-11H2,1-3H3,(H,19,20)/t13-,15+/m1/s1. The molecule has 0 aromatic heterocycles. The number of methoxy groups -OCH3 is 1. The van der Waals surface area contributed by atoms with Gasteiger partial charge in [0, 0.05) is 27.2 Å². The Kier molecular flexibility index (Phi) is 7.42. The Morgan fingerprint density at radius 2 is 1.92 bits per heavy atom. The largest absolute Gasteiger partial charge is 0.493 e. The molecule has 1 saturated heterocycles. The molecule has 1 aromatic carbocycles. The molecule has 7 nitrogen and oxygen atoms in total. The Bertz CT molecular complexity index is 569. The average Bonchev–Trinajstić information content (AvgIpc) is 3.17. The second kappa shape index (κ2) is 9.55. The molecular formula is C17H24BNO6. The summed E-state index contributed by atoms with van der Waals surface area (Å²) in [6.45, 7) is 0.965. The van der Waals surface area contributed by atoms with Gasteiger partial charge in [-0.2, -0.15) is 0 Å². The number of amides is 1. The van der Waals surface area contributed by atoms with Crippen LogP contribution in [0.15, 0.2) is 24.3 Å². The molecule has 0 saturated carbocycles. The monoisotopic (exact) mass is 349 g/mol. The molecule has 0 aliphatic carbocycles. The van der Waals surface area contributed by atoms with Gasteiger partial charge in [0.2, 0.25) is 5.91 Å². The second-order valence-corrected chi connectivity index (χ2v) is 5.89. The SMILES string of the molecule is COB(OC)c1ccc(C[C@H](NC(=O)[C@@H]2CCOC2)C(=O)OC)cc1. The second-order valence-electron chi connectivity index (χ2n) is 5.89. The first-order valence-electron chi connectivity index (χ1n) is 8.19. The van der Waals surface area contributed by atoms with Crippen molar-refractivity contribution in [2.24, 2.45) is 5.92 Å². The maximum absolute atomic E-state index is 12.3. The molecule has 8 heteroatoms. The Morgan fingerprint density at radius 1 is 1.24 bits per heavy atom. The van der Waals surface area contributed by atoms with Gasteiger partial charge in [-0.05, 0) is 17.4 Å². The highest BCUT2D eigenvalue weighted by atomic mass is 16.6. The summed E-state index contributed by atoms with van der Waals surface area (Å²) in [4.78, 5) is 24.3. The molecule has 136 valence electrons. The van der Waals surface area contributed by atoms with Crippen molar-refractivity contribution < 1.29 is 28.4 Å². The number of hydrogen-bond acceptors (Lipinski definition) is 6. The van der Waals surface area contributed by atoms with Crippen LogP contribution in [0.3, 0.4) is 0 Å². The molecule has 1 aliphatic heterocycles. The van der Waals surface area contributed by atoms with Gasteiger partial charge in [-0.1, -0.05) is 24.3 Å². The van der Waals surface area contributed by atoms with E-state index in [4.69, 9.17) is 18.8 Å². The normalized spacial score (nSPS) is 17.8. The Morgan fingerprint density at radius 3 is 2.44 bits per heavy atom. The summed E-state index contributed by atoms with van der Waals surface area (Å²) in [7, 11) is 4.01. The van der Waals surface area contributed by atoms with Crippen LogP contribution in [0.5, 0.6) is 0 Å². The van der Waals surface area contributed by atoms with Gasteiger partial charge in [-0.15, -0.1) is 0 Å². The first kappa shape index (κ1) is 19.4. The molecule has 1 aliphatic rings. The Balaban J connectivity index is 2.03. The van der Waals surface area contributed by atoms with Gasteiger partial charge in [-0.3, -0.25) is 4.79 Å². The van der Waals surface area contributed by atoms with E-state index in [9.17, 15) is 9.59 Å². The van der Waals surface area contributed by atoms with Crippen LogP contribution < -0.4 is 10.8 Å². The van der Waals surface area contributed by atoms with Crippen molar-refractivity contribution in [1.29, 1.82) is 0 Å². The van der Waals surface area contributed by atoms with E-state index in [0.717, 1.165) is 11.0 Å². The number of nitrogens with one attached hydrogen (secondary N) is 1. The van der Waals surface area contributed by atoms with Crippen molar-refractivity contribution in [3.8, 4) is 0 Å². The highest BCUT2D eigenvalue weighted by Gasteiger charge is 2.29. The predicted molar refractivity (Wildman–Crippen MR) is 92.4 cm³/mol. The Labute approximate surface area is 148 Å². The third kappa shape index (κ3) is 5.29. The number of hydrogen-bond donors (Lipinski definition) is 1. The van der Waals surface area contributed by atoms with E-state index >= 15 is 0 Å². The summed E-state index contributed by atoms with van der Waals surface area (Å²) in [6.07, 6.45) is 1.01. The average molecular weight is 349 g/mol. The van der Waals surface area contributed by atoms with E-state index in [1.165, 1.54) is 7.11 Å². The third-order valence-electron chi connectivity index (χ3n) is 4.22. The maximum atomic E-state index is 12.3. The van der Waals surface area contributed by atoms with Crippen molar-refractivity contribution in [2.45, 2.75) is 18.9 Å². The van der Waals surface area contributed by atoms with Gasteiger partial charge >= 0.3 is 13.1 Å². The van der Waals surface area contributed by atoms with Crippen molar-refractivity contribution in [3.63, 3.8) is 0 Å². The van der Waals surface area contributed by atoms with Gasteiger partial charge in [0.05, 0.1) is 19.6 Å². The van der Waals surface area contributed by atoms with Crippen molar-refractivity contribution in [3.05, 3.63) is 29.8 Å². The van der Waals surface area contributed by atoms with Gasteiger partial charge < -0.3 is 24.1 Å². The summed E-state index contributed by atoms with van der Waals surface area (Å²) < 4.78 is 20.5. The van der Waals surface area contributed by atoms with E-state index in [-0.39, 0.29) is 11.8 Å². The van der Waals surface area contributed by atoms with E-state index in [2.05, 4.69) is 5.32 Å². The number of benzene rings is 1. The summed E-state index contributed by atoms with van der Waals surface area (Å²) in [5.41, 5.74) is 1.77. The van der Waals surface area contributed by atoms with Crippen LogP contribution in [0.1, 0.15) is 12.0 Å². The van der Waals surface area contributed by atoms with Crippen LogP contribution in [-0.4, -0.2) is 59.6 Å². The van der Waals surface area contributed by atoms with Crippen LogP contribution >= 0.6 is 0 Å². The lowest BCUT2D eigenvalue weighted by molar-refractivity contribution is -0.145. The molecule has 1 N–H and O–H groups in total. The topological polar surface area (TPSA) is 83.1 Å². The number of carbonyl (C=O) groups is 2. The zero-order chi connectivity index (χ0) is 18.2. The van der Waals surface area contributed by atoms with Crippen LogP contribution in [-0.2, 0) is 34.8 Å². The van der Waals surface area contributed by atoms with Crippen molar-refractivity contribution in [1.82, 2.24) is 5.32 Å². The van der Waals surface area contributed by atoms with Gasteiger partial charge in [0.25, 0.3) is 0 Å². The van der Waals surface area contributed by atoms with E-state index in [1.54, 1.807) is 14.2 Å². The van der Waals surface area contributed by atoms with Gasteiger partial charge in [-0.25, -0.2) is 4.79 Å². The quantitative estimate of drug-likeness (QED) is 0.522. The molecule has 1 fully saturated rings. The fourth-order valence-corrected chi connectivity index (χ4v) is 2.78. The lowest BCUT2D eigenvalue weighted by Crippen LogP contribution is -2.45. The molecule has 25 heavy (non-hydrogen) atoms. The number of ether oxygens (including phenoxy) is 2. The zero-order valence-corrected chi connectivity index (χ0v) is 14.8. The van der Waals surface area contributed by atoms with Crippen molar-refractivity contribution in [2.75, 3.05) is 34.5 Å². The first-order valence-corrected chi connectivity index (χ1v) is 8.19. The molecule has 2 rings (SSSR count). The lowest BCUT2D eigenvalue weighted by Gasteiger charge is -2.19. The smallest absolute Gasteiger partial charge is 0.467 e. The van der Waals surface area contributed by atoms with E-state index in [0.29, 0.717) is 26.1 Å². The molecule has 0 radical (unpaired) electrons. The molecule has 0 bridgehead atoms. The van der Waals surface area contributed by atoms with Crippen LogP contribution in [0, 0.1) is 5.92 Å². The van der Waals surface area contributed by atoms with Gasteiger partial charge in [0.1, 0.15) is 6.04 Å². The minimum atomic E-state index is -0.732. The molecule has 2 atom stereocenters. The minimum absolute atomic E-state index is 0.177. The highest BCUT2D eigenvalue weighted by molar-refractivity contribution is 6.61. The number of esters is 1. The lowest BCUT2D eigenvalue weighted by atomic mass is 9.78. The fraction of sp³-hybridized carbons (Fsp3) is 0.529. The molecule has 0 spiro atoms. The fourth-order valence-electron chi connectivity index (χ4n) is 2.78. The Hall–Kier alpha value is -1.90. The molecule has 1 heterocycles. The van der Waals surface area contributed by atoms with E-state index < -0.39 is 19.1 Å². The van der Waals surface area contributed by atoms with Crippen molar-refractivity contribution >= 4 is 24.5 Å². The summed E-state index contributed by atoms with van der Waals surface area (Å²) in [6, 6.07) is 6.76. The van der Waals surface area contributed by atoms with E-state index in [1.807, 2.05) is 24.3 Å². The van der Waals surface area contributed by atoms with Gasteiger partial charge in [0.15, 0.2) is 0 Å². The molecular weight excluding hydrogens is 325 g/mol. The minimum Gasteiger partial charge on any atom is -0.467 e. The first-order chi connectivity index (χ1) is 12.1. The maximum Gasteiger partial charge on any atom is 0.493 e. The molecule has 0 unspecified atom stereocenters. The zero-order valence-electron chi connectivity index (χ0n) is 14.8. The van der Waals surface area contributed by atoms with Crippen LogP contribution in [0.2, 0.25) is 0 Å².